The maximum Gasteiger partial charge on any atom is 0.387 e. The molecular weight excluding hydrogens is 294 g/mol. The number of benzene rings is 1. The zero-order chi connectivity index (χ0) is 15.5. The topological polar surface area (TPSA) is 77.8 Å². The van der Waals surface area contributed by atoms with Crippen molar-refractivity contribution in [2.75, 3.05) is 5.32 Å². The summed E-state index contributed by atoms with van der Waals surface area (Å²) in [5.74, 6) is 0.581. The van der Waals surface area contributed by atoms with Crippen molar-refractivity contribution < 1.29 is 13.5 Å². The van der Waals surface area contributed by atoms with Gasteiger partial charge in [-0.1, -0.05) is 5.21 Å². The van der Waals surface area contributed by atoms with Crippen molar-refractivity contribution in [1.29, 1.82) is 0 Å². The number of ether oxygens (including phenoxy) is 1. The fourth-order valence-electron chi connectivity index (χ4n) is 1.95. The highest BCUT2D eigenvalue weighted by molar-refractivity contribution is 5.84. The van der Waals surface area contributed by atoms with Crippen molar-refractivity contribution >= 4 is 22.7 Å². The summed E-state index contributed by atoms with van der Waals surface area (Å²) in [6.07, 6.45) is 1.41. The van der Waals surface area contributed by atoms with Crippen molar-refractivity contribution in [2.24, 2.45) is 0 Å². The standard InChI is InChI=1S/C13H12F2N6O/c1-2-21-12-10(19-20-21)11(16-7-17-12)18-8-3-5-9(6-4-8)22-13(14)15/h3-7,13H,2H2,1H3,(H,16,17,18). The third-order valence-electron chi connectivity index (χ3n) is 2.94. The molecule has 0 aliphatic carbocycles. The summed E-state index contributed by atoms with van der Waals surface area (Å²) in [4.78, 5) is 8.28. The summed E-state index contributed by atoms with van der Waals surface area (Å²) in [5.41, 5.74) is 1.82. The molecule has 2 aromatic heterocycles. The summed E-state index contributed by atoms with van der Waals surface area (Å²) < 4.78 is 30.2. The Bertz CT molecular complexity index is 774. The molecule has 3 rings (SSSR count). The van der Waals surface area contributed by atoms with Gasteiger partial charge in [-0.3, -0.25) is 0 Å². The molecule has 0 bridgehead atoms. The molecule has 1 aromatic carbocycles. The predicted molar refractivity (Wildman–Crippen MR) is 75.1 cm³/mol. The summed E-state index contributed by atoms with van der Waals surface area (Å²) >= 11 is 0. The van der Waals surface area contributed by atoms with E-state index in [1.165, 1.54) is 18.5 Å². The Kier molecular flexibility index (Phi) is 3.77. The summed E-state index contributed by atoms with van der Waals surface area (Å²) in [6, 6.07) is 6.09. The Morgan fingerprint density at radius 3 is 2.68 bits per heavy atom. The largest absolute Gasteiger partial charge is 0.435 e. The third kappa shape index (κ3) is 2.78. The summed E-state index contributed by atoms with van der Waals surface area (Å²) in [7, 11) is 0. The second-order valence-electron chi connectivity index (χ2n) is 4.33. The van der Waals surface area contributed by atoms with E-state index < -0.39 is 6.61 Å². The van der Waals surface area contributed by atoms with E-state index in [0.29, 0.717) is 29.2 Å². The first-order valence-corrected chi connectivity index (χ1v) is 6.53. The van der Waals surface area contributed by atoms with Gasteiger partial charge in [-0.2, -0.15) is 8.78 Å². The first-order valence-electron chi connectivity index (χ1n) is 6.53. The highest BCUT2D eigenvalue weighted by Crippen LogP contribution is 2.23. The second kappa shape index (κ2) is 5.88. The molecule has 0 aliphatic heterocycles. The second-order valence-corrected chi connectivity index (χ2v) is 4.33. The van der Waals surface area contributed by atoms with Gasteiger partial charge in [-0.05, 0) is 31.2 Å². The van der Waals surface area contributed by atoms with Gasteiger partial charge in [0.2, 0.25) is 0 Å². The van der Waals surface area contributed by atoms with Gasteiger partial charge >= 0.3 is 6.61 Å². The van der Waals surface area contributed by atoms with Gasteiger partial charge in [0.25, 0.3) is 0 Å². The van der Waals surface area contributed by atoms with Crippen LogP contribution in [0, 0.1) is 0 Å². The molecule has 9 heteroatoms. The number of nitrogens with zero attached hydrogens (tertiary/aromatic N) is 5. The van der Waals surface area contributed by atoms with Crippen molar-refractivity contribution in [3.63, 3.8) is 0 Å². The zero-order valence-electron chi connectivity index (χ0n) is 11.6. The van der Waals surface area contributed by atoms with E-state index in [4.69, 9.17) is 0 Å². The molecule has 0 aliphatic rings. The number of aromatic nitrogens is 5. The molecule has 0 fully saturated rings. The van der Waals surface area contributed by atoms with Crippen molar-refractivity contribution in [2.45, 2.75) is 20.1 Å². The van der Waals surface area contributed by atoms with Crippen LogP contribution in [-0.2, 0) is 6.54 Å². The van der Waals surface area contributed by atoms with Crippen LogP contribution >= 0.6 is 0 Å². The molecule has 0 amide bonds. The molecule has 2 heterocycles. The molecule has 0 unspecified atom stereocenters. The monoisotopic (exact) mass is 306 g/mol. The van der Waals surface area contributed by atoms with E-state index in [1.54, 1.807) is 16.8 Å². The lowest BCUT2D eigenvalue weighted by atomic mass is 10.3. The van der Waals surface area contributed by atoms with Crippen LogP contribution in [0.1, 0.15) is 6.92 Å². The minimum Gasteiger partial charge on any atom is -0.435 e. The summed E-state index contributed by atoms with van der Waals surface area (Å²) in [5, 5.41) is 11.1. The number of fused-ring (bicyclic) bond motifs is 1. The molecule has 7 nitrogen and oxygen atoms in total. The van der Waals surface area contributed by atoms with Gasteiger partial charge in [0.1, 0.15) is 12.1 Å². The SMILES string of the molecule is CCn1nnc2c(Nc3ccc(OC(F)F)cc3)ncnc21. The Labute approximate surface area is 123 Å². The van der Waals surface area contributed by atoms with E-state index in [9.17, 15) is 8.78 Å². The Hall–Kier alpha value is -2.84. The average molecular weight is 306 g/mol. The number of hydrogen-bond donors (Lipinski definition) is 1. The van der Waals surface area contributed by atoms with Gasteiger partial charge in [-0.25, -0.2) is 14.6 Å². The molecule has 0 radical (unpaired) electrons. The Morgan fingerprint density at radius 2 is 2.00 bits per heavy atom. The van der Waals surface area contributed by atoms with Crippen LogP contribution in [-0.4, -0.2) is 31.6 Å². The first kappa shape index (κ1) is 14.1. The number of halogens is 2. The molecule has 0 atom stereocenters. The highest BCUT2D eigenvalue weighted by atomic mass is 19.3. The minimum atomic E-state index is -2.84. The zero-order valence-corrected chi connectivity index (χ0v) is 11.6. The normalized spacial score (nSPS) is 11.1. The van der Waals surface area contributed by atoms with Crippen molar-refractivity contribution in [3.05, 3.63) is 30.6 Å². The van der Waals surface area contributed by atoms with Crippen LogP contribution in [0.15, 0.2) is 30.6 Å². The maximum atomic E-state index is 12.1. The quantitative estimate of drug-likeness (QED) is 0.780. The summed E-state index contributed by atoms with van der Waals surface area (Å²) in [6.45, 7) is -0.262. The molecule has 114 valence electrons. The van der Waals surface area contributed by atoms with Gasteiger partial charge < -0.3 is 10.1 Å². The molecule has 22 heavy (non-hydrogen) atoms. The molecule has 0 saturated carbocycles. The lowest BCUT2D eigenvalue weighted by Crippen LogP contribution is -2.02. The highest BCUT2D eigenvalue weighted by Gasteiger charge is 2.11. The number of aryl methyl sites for hydroxylation is 1. The molecule has 0 saturated heterocycles. The van der Waals surface area contributed by atoms with E-state index in [1.807, 2.05) is 6.92 Å². The maximum absolute atomic E-state index is 12.1. The molecule has 3 aromatic rings. The smallest absolute Gasteiger partial charge is 0.387 e. The third-order valence-corrected chi connectivity index (χ3v) is 2.94. The number of rotatable bonds is 5. The fraction of sp³-hybridized carbons (Fsp3) is 0.231. The number of nitrogens with one attached hydrogen (secondary N) is 1. The van der Waals surface area contributed by atoms with E-state index >= 15 is 0 Å². The van der Waals surface area contributed by atoms with Crippen LogP contribution < -0.4 is 10.1 Å². The first-order chi connectivity index (χ1) is 10.7. The van der Waals surface area contributed by atoms with Crippen LogP contribution in [0.5, 0.6) is 5.75 Å². The van der Waals surface area contributed by atoms with Gasteiger partial charge in [0.05, 0.1) is 0 Å². The lowest BCUT2D eigenvalue weighted by Gasteiger charge is -2.07. The van der Waals surface area contributed by atoms with Crippen molar-refractivity contribution in [3.8, 4) is 5.75 Å². The van der Waals surface area contributed by atoms with Gasteiger partial charge in [-0.15, -0.1) is 5.10 Å². The van der Waals surface area contributed by atoms with Crippen LogP contribution in [0.25, 0.3) is 11.2 Å². The van der Waals surface area contributed by atoms with Gasteiger partial charge in [0.15, 0.2) is 17.0 Å². The van der Waals surface area contributed by atoms with Crippen molar-refractivity contribution in [1.82, 2.24) is 25.0 Å². The van der Waals surface area contributed by atoms with E-state index in [2.05, 4.69) is 30.3 Å². The molecular formula is C13H12F2N6O. The molecule has 1 N–H and O–H groups in total. The van der Waals surface area contributed by atoms with Crippen LogP contribution in [0.4, 0.5) is 20.3 Å². The number of anilines is 2. The molecule has 0 spiro atoms. The van der Waals surface area contributed by atoms with E-state index in [-0.39, 0.29) is 5.75 Å². The minimum absolute atomic E-state index is 0.0883. The number of hydrogen-bond acceptors (Lipinski definition) is 6. The Morgan fingerprint density at radius 1 is 1.23 bits per heavy atom. The Balaban J connectivity index is 1.85. The van der Waals surface area contributed by atoms with Crippen LogP contribution in [0.3, 0.4) is 0 Å². The average Bonchev–Trinajstić information content (AvgIpc) is 2.93. The van der Waals surface area contributed by atoms with Crippen LogP contribution in [0.2, 0.25) is 0 Å². The fourth-order valence-corrected chi connectivity index (χ4v) is 1.95. The predicted octanol–water partition coefficient (Wildman–Crippen LogP) is 2.59. The lowest BCUT2D eigenvalue weighted by molar-refractivity contribution is -0.0498. The number of alkyl halides is 2. The van der Waals surface area contributed by atoms with Gasteiger partial charge in [0, 0.05) is 12.2 Å². The van der Waals surface area contributed by atoms with E-state index in [0.717, 1.165) is 0 Å².